The van der Waals surface area contributed by atoms with Gasteiger partial charge in [-0.25, -0.2) is 8.78 Å². The first kappa shape index (κ1) is 19.8. The monoisotopic (exact) mass is 374 g/mol. The lowest BCUT2D eigenvalue weighted by molar-refractivity contribution is -0.139. The summed E-state index contributed by atoms with van der Waals surface area (Å²) in [5.41, 5.74) is 0.342. The summed E-state index contributed by atoms with van der Waals surface area (Å²) in [6, 6.07) is 9.25. The third-order valence-electron chi connectivity index (χ3n) is 3.44. The minimum Gasteiger partial charge on any atom is -0.468 e. The predicted octanol–water partition coefficient (Wildman–Crippen LogP) is 2.52. The van der Waals surface area contributed by atoms with Crippen molar-refractivity contribution in [1.29, 1.82) is 0 Å². The number of halogens is 2. The molecule has 0 saturated heterocycles. The summed E-state index contributed by atoms with van der Waals surface area (Å²) in [6.45, 7) is -0.259. The summed E-state index contributed by atoms with van der Waals surface area (Å²) >= 11 is 0. The maximum atomic E-state index is 13.5. The van der Waals surface area contributed by atoms with E-state index in [9.17, 15) is 23.2 Å². The Labute approximate surface area is 153 Å². The van der Waals surface area contributed by atoms with Gasteiger partial charge in [0.1, 0.15) is 18.2 Å². The lowest BCUT2D eigenvalue weighted by atomic mass is 10.1. The van der Waals surface area contributed by atoms with Crippen LogP contribution >= 0.6 is 0 Å². The fourth-order valence-corrected chi connectivity index (χ4v) is 2.04. The average Bonchev–Trinajstić information content (AvgIpc) is 2.66. The Kier molecular flexibility index (Phi) is 6.76. The summed E-state index contributed by atoms with van der Waals surface area (Å²) < 4.78 is 31.4. The number of benzene rings is 2. The second-order valence-corrected chi connectivity index (χ2v) is 5.29. The molecule has 0 aromatic heterocycles. The summed E-state index contributed by atoms with van der Waals surface area (Å²) in [6.07, 6.45) is 2.03. The van der Waals surface area contributed by atoms with Crippen LogP contribution in [-0.4, -0.2) is 31.4 Å². The highest BCUT2D eigenvalue weighted by Crippen LogP contribution is 2.14. The van der Waals surface area contributed by atoms with Gasteiger partial charge in [-0.05, 0) is 42.5 Å². The zero-order valence-corrected chi connectivity index (χ0v) is 14.3. The van der Waals surface area contributed by atoms with Gasteiger partial charge >= 0.3 is 5.97 Å². The number of ether oxygens (including phenoxy) is 1. The number of anilines is 1. The molecule has 8 heteroatoms. The van der Waals surface area contributed by atoms with Gasteiger partial charge in [0.2, 0.25) is 5.91 Å². The number of esters is 1. The van der Waals surface area contributed by atoms with E-state index >= 15 is 0 Å². The molecule has 2 aromatic rings. The van der Waals surface area contributed by atoms with Gasteiger partial charge in [-0.2, -0.15) is 0 Å². The average molecular weight is 374 g/mol. The molecule has 0 atom stereocenters. The Balaban J connectivity index is 1.95. The number of carbonyl (C=O) groups is 3. The largest absolute Gasteiger partial charge is 0.468 e. The Hall–Kier alpha value is -3.55. The summed E-state index contributed by atoms with van der Waals surface area (Å²) in [5, 5.41) is 4.88. The van der Waals surface area contributed by atoms with Crippen LogP contribution < -0.4 is 10.6 Å². The SMILES string of the molecule is COC(=O)CNC(=O)c1ccc(NC(=O)/C=C/c2c(F)cccc2F)cc1. The molecule has 0 radical (unpaired) electrons. The standard InChI is InChI=1S/C19H16F2N2O4/c1-27-18(25)11-22-19(26)12-5-7-13(8-6-12)23-17(24)10-9-14-15(20)3-2-4-16(14)21/h2-10H,11H2,1H3,(H,22,26)(H,23,24)/b10-9+. The molecule has 0 spiro atoms. The number of methoxy groups -OCH3 is 1. The molecule has 27 heavy (non-hydrogen) atoms. The molecule has 6 nitrogen and oxygen atoms in total. The Morgan fingerprint density at radius 3 is 2.26 bits per heavy atom. The molecule has 0 saturated carbocycles. The minimum absolute atomic E-state index is 0.259. The van der Waals surface area contributed by atoms with E-state index < -0.39 is 29.4 Å². The van der Waals surface area contributed by atoms with Crippen LogP contribution in [-0.2, 0) is 14.3 Å². The van der Waals surface area contributed by atoms with Crippen molar-refractivity contribution in [3.63, 3.8) is 0 Å². The number of amides is 2. The number of hydrogen-bond donors (Lipinski definition) is 2. The van der Waals surface area contributed by atoms with Gasteiger partial charge in [0, 0.05) is 22.9 Å². The van der Waals surface area contributed by atoms with E-state index in [1.165, 1.54) is 37.4 Å². The molecule has 0 fully saturated rings. The second kappa shape index (κ2) is 9.23. The van der Waals surface area contributed by atoms with Crippen molar-refractivity contribution >= 4 is 29.5 Å². The van der Waals surface area contributed by atoms with Gasteiger partial charge in [0.05, 0.1) is 7.11 Å². The van der Waals surface area contributed by atoms with Crippen molar-refractivity contribution in [3.05, 3.63) is 71.3 Å². The van der Waals surface area contributed by atoms with Gasteiger partial charge in [-0.3, -0.25) is 14.4 Å². The van der Waals surface area contributed by atoms with E-state index in [2.05, 4.69) is 15.4 Å². The minimum atomic E-state index is -0.777. The van der Waals surface area contributed by atoms with Gasteiger partial charge in [0.25, 0.3) is 5.91 Å². The lowest BCUT2D eigenvalue weighted by Crippen LogP contribution is -2.30. The highest BCUT2D eigenvalue weighted by molar-refractivity contribution is 6.02. The zero-order chi connectivity index (χ0) is 19.8. The number of carbonyl (C=O) groups excluding carboxylic acids is 3. The first-order valence-electron chi connectivity index (χ1n) is 7.79. The highest BCUT2D eigenvalue weighted by Gasteiger charge is 2.09. The molecule has 140 valence electrons. The molecule has 2 N–H and O–H groups in total. The van der Waals surface area contributed by atoms with Gasteiger partial charge in [0.15, 0.2) is 0 Å². The maximum Gasteiger partial charge on any atom is 0.325 e. The molecule has 0 bridgehead atoms. The third-order valence-corrected chi connectivity index (χ3v) is 3.44. The van der Waals surface area contributed by atoms with Gasteiger partial charge in [-0.1, -0.05) is 6.07 Å². The van der Waals surface area contributed by atoms with E-state index in [-0.39, 0.29) is 17.7 Å². The van der Waals surface area contributed by atoms with Gasteiger partial charge in [-0.15, -0.1) is 0 Å². The van der Waals surface area contributed by atoms with Crippen molar-refractivity contribution in [2.75, 3.05) is 19.0 Å². The normalized spacial score (nSPS) is 10.5. The molecular weight excluding hydrogens is 358 g/mol. The first-order valence-corrected chi connectivity index (χ1v) is 7.79. The molecule has 2 aromatic carbocycles. The van der Waals surface area contributed by atoms with Crippen LogP contribution in [0, 0.1) is 11.6 Å². The number of nitrogens with one attached hydrogen (secondary N) is 2. The smallest absolute Gasteiger partial charge is 0.325 e. The molecule has 0 aliphatic rings. The summed E-state index contributed by atoms with van der Waals surface area (Å²) in [4.78, 5) is 34.7. The summed E-state index contributed by atoms with van der Waals surface area (Å²) in [7, 11) is 1.21. The van der Waals surface area contributed by atoms with Crippen LogP contribution in [0.15, 0.2) is 48.5 Å². The van der Waals surface area contributed by atoms with Crippen molar-refractivity contribution in [3.8, 4) is 0 Å². The molecular formula is C19H16F2N2O4. The Morgan fingerprint density at radius 1 is 1.04 bits per heavy atom. The second-order valence-electron chi connectivity index (χ2n) is 5.29. The molecule has 2 amide bonds. The van der Waals surface area contributed by atoms with Crippen molar-refractivity contribution < 1.29 is 27.9 Å². The third kappa shape index (κ3) is 5.74. The van der Waals surface area contributed by atoms with Crippen LogP contribution in [0.5, 0.6) is 0 Å². The van der Waals surface area contributed by atoms with Crippen LogP contribution in [0.25, 0.3) is 6.08 Å². The fraction of sp³-hybridized carbons (Fsp3) is 0.105. The van der Waals surface area contributed by atoms with E-state index in [0.29, 0.717) is 5.69 Å². The predicted molar refractivity (Wildman–Crippen MR) is 94.8 cm³/mol. The highest BCUT2D eigenvalue weighted by atomic mass is 19.1. The molecule has 0 aliphatic carbocycles. The molecule has 0 unspecified atom stereocenters. The first-order chi connectivity index (χ1) is 12.9. The number of rotatable bonds is 6. The van der Waals surface area contributed by atoms with Crippen LogP contribution in [0.4, 0.5) is 14.5 Å². The number of hydrogen-bond acceptors (Lipinski definition) is 4. The lowest BCUT2D eigenvalue weighted by Gasteiger charge is -2.06. The van der Waals surface area contributed by atoms with Gasteiger partial charge < -0.3 is 15.4 Å². The topological polar surface area (TPSA) is 84.5 Å². The van der Waals surface area contributed by atoms with Crippen LogP contribution in [0.3, 0.4) is 0 Å². The van der Waals surface area contributed by atoms with Crippen LogP contribution in [0.2, 0.25) is 0 Å². The Morgan fingerprint density at radius 2 is 1.67 bits per heavy atom. The van der Waals surface area contributed by atoms with Crippen molar-refractivity contribution in [2.45, 2.75) is 0 Å². The molecule has 0 heterocycles. The zero-order valence-electron chi connectivity index (χ0n) is 14.3. The molecule has 0 aliphatic heterocycles. The van der Waals surface area contributed by atoms with Crippen molar-refractivity contribution in [2.24, 2.45) is 0 Å². The quantitative estimate of drug-likeness (QED) is 0.601. The maximum absolute atomic E-state index is 13.5. The van der Waals surface area contributed by atoms with E-state index in [1.807, 2.05) is 0 Å². The van der Waals surface area contributed by atoms with E-state index in [1.54, 1.807) is 0 Å². The van der Waals surface area contributed by atoms with Crippen molar-refractivity contribution in [1.82, 2.24) is 5.32 Å². The van der Waals surface area contributed by atoms with E-state index in [4.69, 9.17) is 0 Å². The summed E-state index contributed by atoms with van der Waals surface area (Å²) in [5.74, 6) is -3.21. The Bertz CT molecular complexity index is 860. The molecule has 2 rings (SSSR count). The van der Waals surface area contributed by atoms with Crippen LogP contribution in [0.1, 0.15) is 15.9 Å². The van der Waals surface area contributed by atoms with E-state index in [0.717, 1.165) is 24.3 Å². The fourth-order valence-electron chi connectivity index (χ4n) is 2.04.